The minimum atomic E-state index is -0.260. The van der Waals surface area contributed by atoms with Crippen LogP contribution in [0.1, 0.15) is 26.2 Å². The fourth-order valence-corrected chi connectivity index (χ4v) is 1.23. The molecule has 0 aromatic heterocycles. The lowest BCUT2D eigenvalue weighted by molar-refractivity contribution is -0.141. The topological polar surface area (TPSA) is 52.6 Å². The van der Waals surface area contributed by atoms with E-state index in [0.29, 0.717) is 19.6 Å². The van der Waals surface area contributed by atoms with E-state index in [2.05, 4.69) is 0 Å². The van der Waals surface area contributed by atoms with Crippen molar-refractivity contribution in [3.8, 4) is 0 Å². The summed E-state index contributed by atoms with van der Waals surface area (Å²) in [6, 6.07) is 0. The van der Waals surface area contributed by atoms with Crippen molar-refractivity contribution in [2.75, 3.05) is 13.2 Å². The third-order valence-electron chi connectivity index (χ3n) is 1.95. The van der Waals surface area contributed by atoms with Gasteiger partial charge in [-0.15, -0.1) is 0 Å². The molecule has 0 amide bonds. The second kappa shape index (κ2) is 5.42. The maximum Gasteiger partial charge on any atom is 0.334 e. The van der Waals surface area contributed by atoms with E-state index >= 15 is 0 Å². The number of ether oxygens (including phenoxy) is 2. The molecule has 4 nitrogen and oxygen atoms in total. The third-order valence-corrected chi connectivity index (χ3v) is 1.95. The van der Waals surface area contributed by atoms with Gasteiger partial charge in [0.05, 0.1) is 6.61 Å². The Morgan fingerprint density at radius 2 is 2.36 bits per heavy atom. The van der Waals surface area contributed by atoms with Crippen molar-refractivity contribution < 1.29 is 19.1 Å². The highest BCUT2D eigenvalue weighted by Crippen LogP contribution is 2.14. The number of carbonyl (C=O) groups is 2. The van der Waals surface area contributed by atoms with Crippen molar-refractivity contribution in [3.05, 3.63) is 11.6 Å². The molecule has 0 atom stereocenters. The van der Waals surface area contributed by atoms with E-state index in [4.69, 9.17) is 9.47 Å². The molecule has 0 spiro atoms. The fraction of sp³-hybridized carbons (Fsp3) is 0.600. The smallest absolute Gasteiger partial charge is 0.334 e. The molecule has 0 aromatic rings. The summed E-state index contributed by atoms with van der Waals surface area (Å²) in [6.45, 7) is 2.21. The van der Waals surface area contributed by atoms with Crippen LogP contribution < -0.4 is 0 Å². The van der Waals surface area contributed by atoms with Gasteiger partial charge in [-0.2, -0.15) is 0 Å². The Balaban J connectivity index is 2.04. The normalized spacial score (nSPS) is 14.9. The Labute approximate surface area is 82.9 Å². The van der Waals surface area contributed by atoms with Crippen LogP contribution in [0, 0.1) is 0 Å². The molecule has 1 rings (SSSR count). The quantitative estimate of drug-likeness (QED) is 0.492. The van der Waals surface area contributed by atoms with Crippen molar-refractivity contribution in [3.63, 3.8) is 0 Å². The minimum Gasteiger partial charge on any atom is -0.466 e. The summed E-state index contributed by atoms with van der Waals surface area (Å²) >= 11 is 0. The third kappa shape index (κ3) is 3.60. The highest BCUT2D eigenvalue weighted by atomic mass is 16.5. The van der Waals surface area contributed by atoms with E-state index in [9.17, 15) is 9.59 Å². The molecule has 1 heterocycles. The van der Waals surface area contributed by atoms with Crippen molar-refractivity contribution in [2.45, 2.75) is 26.2 Å². The summed E-state index contributed by atoms with van der Waals surface area (Å²) < 4.78 is 9.50. The molecule has 0 saturated heterocycles. The SMILES string of the molecule is CC(=O)OCCCCC1=CCOC1=O. The zero-order valence-electron chi connectivity index (χ0n) is 8.25. The Kier molecular flexibility index (Phi) is 4.16. The zero-order chi connectivity index (χ0) is 10.4. The second-order valence-electron chi connectivity index (χ2n) is 3.12. The first kappa shape index (κ1) is 10.8. The molecule has 0 saturated carbocycles. The van der Waals surface area contributed by atoms with Crippen molar-refractivity contribution in [1.29, 1.82) is 0 Å². The molecule has 0 N–H and O–H groups in total. The second-order valence-corrected chi connectivity index (χ2v) is 3.12. The van der Waals surface area contributed by atoms with Gasteiger partial charge < -0.3 is 9.47 Å². The molecule has 78 valence electrons. The number of cyclic esters (lactones) is 1. The van der Waals surface area contributed by atoms with Gasteiger partial charge in [0.25, 0.3) is 0 Å². The Morgan fingerprint density at radius 1 is 1.57 bits per heavy atom. The van der Waals surface area contributed by atoms with Gasteiger partial charge >= 0.3 is 11.9 Å². The first-order valence-corrected chi connectivity index (χ1v) is 4.69. The molecule has 0 aliphatic carbocycles. The number of hydrogen-bond acceptors (Lipinski definition) is 4. The van der Waals surface area contributed by atoms with Crippen molar-refractivity contribution >= 4 is 11.9 Å². The van der Waals surface area contributed by atoms with Crippen LogP contribution in [0.4, 0.5) is 0 Å². The van der Waals surface area contributed by atoms with E-state index in [1.54, 1.807) is 6.08 Å². The predicted octanol–water partition coefficient (Wildman–Crippen LogP) is 1.20. The number of rotatable bonds is 5. The van der Waals surface area contributed by atoms with Crippen LogP contribution in [0.25, 0.3) is 0 Å². The molecule has 0 fully saturated rings. The standard InChI is InChI=1S/C10H14O4/c1-8(11)13-6-3-2-4-9-5-7-14-10(9)12/h5H,2-4,6-7H2,1H3. The first-order valence-electron chi connectivity index (χ1n) is 4.69. The summed E-state index contributed by atoms with van der Waals surface area (Å²) in [4.78, 5) is 21.4. The molecule has 0 unspecified atom stereocenters. The van der Waals surface area contributed by atoms with Gasteiger partial charge in [0.15, 0.2) is 0 Å². The molecule has 14 heavy (non-hydrogen) atoms. The van der Waals surface area contributed by atoms with Gasteiger partial charge in [-0.1, -0.05) is 0 Å². The Hall–Kier alpha value is -1.32. The molecule has 1 aliphatic rings. The first-order chi connectivity index (χ1) is 6.70. The Bertz CT molecular complexity index is 255. The minimum absolute atomic E-state index is 0.211. The van der Waals surface area contributed by atoms with Gasteiger partial charge in [0.1, 0.15) is 6.61 Å². The average Bonchev–Trinajstić information content (AvgIpc) is 2.51. The lowest BCUT2D eigenvalue weighted by atomic mass is 10.1. The lowest BCUT2D eigenvalue weighted by Crippen LogP contribution is -2.02. The van der Waals surface area contributed by atoms with Gasteiger partial charge in [0, 0.05) is 12.5 Å². The molecule has 4 heteroatoms. The van der Waals surface area contributed by atoms with Gasteiger partial charge in [-0.25, -0.2) is 4.79 Å². The average molecular weight is 198 g/mol. The molecular formula is C10H14O4. The number of unbranched alkanes of at least 4 members (excludes halogenated alkanes) is 1. The lowest BCUT2D eigenvalue weighted by Gasteiger charge is -2.01. The van der Waals surface area contributed by atoms with E-state index in [1.807, 2.05) is 0 Å². The Morgan fingerprint density at radius 3 is 2.93 bits per heavy atom. The van der Waals surface area contributed by atoms with Gasteiger partial charge in [-0.05, 0) is 25.3 Å². The van der Waals surface area contributed by atoms with Gasteiger partial charge in [-0.3, -0.25) is 4.79 Å². The fourth-order valence-electron chi connectivity index (χ4n) is 1.23. The zero-order valence-corrected chi connectivity index (χ0v) is 8.25. The van der Waals surface area contributed by atoms with E-state index in [-0.39, 0.29) is 11.9 Å². The molecular weight excluding hydrogens is 184 g/mol. The summed E-state index contributed by atoms with van der Waals surface area (Å²) in [5.74, 6) is -0.470. The van der Waals surface area contributed by atoms with E-state index in [0.717, 1.165) is 18.4 Å². The number of esters is 2. The highest BCUT2D eigenvalue weighted by molar-refractivity contribution is 5.90. The van der Waals surface area contributed by atoms with Gasteiger partial charge in [0.2, 0.25) is 0 Å². The molecule has 1 aliphatic heterocycles. The van der Waals surface area contributed by atoms with Crippen molar-refractivity contribution in [2.24, 2.45) is 0 Å². The molecule has 0 bridgehead atoms. The van der Waals surface area contributed by atoms with Crippen molar-refractivity contribution in [1.82, 2.24) is 0 Å². The maximum absolute atomic E-state index is 11.0. The van der Waals surface area contributed by atoms with E-state index in [1.165, 1.54) is 6.92 Å². The number of carbonyl (C=O) groups excluding carboxylic acids is 2. The van der Waals surface area contributed by atoms with Crippen LogP contribution in [0.5, 0.6) is 0 Å². The van der Waals surface area contributed by atoms with Crippen LogP contribution in [0.15, 0.2) is 11.6 Å². The van der Waals surface area contributed by atoms with Crippen LogP contribution >= 0.6 is 0 Å². The van der Waals surface area contributed by atoms with Crippen LogP contribution in [0.2, 0.25) is 0 Å². The monoisotopic (exact) mass is 198 g/mol. The van der Waals surface area contributed by atoms with E-state index < -0.39 is 0 Å². The van der Waals surface area contributed by atoms with Crippen LogP contribution in [0.3, 0.4) is 0 Å². The summed E-state index contributed by atoms with van der Waals surface area (Å²) in [7, 11) is 0. The molecule has 0 aromatic carbocycles. The van der Waals surface area contributed by atoms with Crippen LogP contribution in [-0.2, 0) is 19.1 Å². The summed E-state index contributed by atoms with van der Waals surface area (Å²) in [5.41, 5.74) is 0.743. The summed E-state index contributed by atoms with van der Waals surface area (Å²) in [5, 5.41) is 0. The maximum atomic E-state index is 11.0. The largest absolute Gasteiger partial charge is 0.466 e. The predicted molar refractivity (Wildman–Crippen MR) is 49.5 cm³/mol. The number of hydrogen-bond donors (Lipinski definition) is 0. The van der Waals surface area contributed by atoms with Crippen LogP contribution in [-0.4, -0.2) is 25.2 Å². The highest BCUT2D eigenvalue weighted by Gasteiger charge is 2.15. The summed E-state index contributed by atoms with van der Waals surface area (Å²) in [6.07, 6.45) is 4.13. The molecule has 0 radical (unpaired) electrons.